The molecule has 2 rings (SSSR count). The molecule has 0 bridgehead atoms. The Morgan fingerprint density at radius 2 is 2.33 bits per heavy atom. The molecule has 0 aliphatic carbocycles. The van der Waals surface area contributed by atoms with E-state index >= 15 is 0 Å². The van der Waals surface area contributed by atoms with Crippen LogP contribution in [0.25, 0.3) is 0 Å². The minimum Gasteiger partial charge on any atom is -0.316 e. The van der Waals surface area contributed by atoms with Crippen LogP contribution in [0, 0.1) is 11.8 Å². The van der Waals surface area contributed by atoms with E-state index in [1.807, 2.05) is 6.20 Å². The number of rotatable bonds is 6. The van der Waals surface area contributed by atoms with Crippen LogP contribution in [0.2, 0.25) is 0 Å². The lowest BCUT2D eigenvalue weighted by Gasteiger charge is -2.22. The van der Waals surface area contributed by atoms with Gasteiger partial charge in [-0.15, -0.1) is 11.3 Å². The number of likely N-dealkylation sites (tertiary alicyclic amines) is 1. The summed E-state index contributed by atoms with van der Waals surface area (Å²) in [6, 6.07) is 0.486. The lowest BCUT2D eigenvalue weighted by molar-refractivity contribution is 0.251. The molecule has 2 unspecified atom stereocenters. The van der Waals surface area contributed by atoms with Crippen LogP contribution >= 0.6 is 11.3 Å². The summed E-state index contributed by atoms with van der Waals surface area (Å²) in [7, 11) is 0. The van der Waals surface area contributed by atoms with Crippen molar-refractivity contribution in [2.24, 2.45) is 11.8 Å². The lowest BCUT2D eigenvalue weighted by atomic mass is 10.1. The fraction of sp³-hybridized carbons (Fsp3) is 0.786. The molecule has 3 nitrogen and oxygen atoms in total. The molecular weight excluding hydrogens is 242 g/mol. The molecule has 4 heteroatoms. The molecular formula is C14H25N3S. The first kappa shape index (κ1) is 14.0. The quantitative estimate of drug-likeness (QED) is 0.859. The highest BCUT2D eigenvalue weighted by Crippen LogP contribution is 2.28. The lowest BCUT2D eigenvalue weighted by Crippen LogP contribution is -2.29. The number of hydrogen-bond donors (Lipinski definition) is 1. The molecule has 1 N–H and O–H groups in total. The smallest absolute Gasteiger partial charge is 0.109 e. The predicted molar refractivity (Wildman–Crippen MR) is 77.9 cm³/mol. The summed E-state index contributed by atoms with van der Waals surface area (Å²) >= 11 is 1.77. The maximum atomic E-state index is 4.43. The molecule has 2 atom stereocenters. The van der Waals surface area contributed by atoms with Crippen molar-refractivity contribution in [3.05, 3.63) is 16.6 Å². The molecule has 0 saturated carbocycles. The molecule has 1 saturated heterocycles. The second-order valence-electron chi connectivity index (χ2n) is 5.75. The van der Waals surface area contributed by atoms with Gasteiger partial charge in [0.15, 0.2) is 0 Å². The molecule has 0 radical (unpaired) electrons. The first-order valence-electron chi connectivity index (χ1n) is 7.01. The van der Waals surface area contributed by atoms with Crippen LogP contribution < -0.4 is 5.32 Å². The SMILES string of the molecule is CC(C)CNCC1CCN(C(C)c2nccs2)C1. The zero-order valence-corrected chi connectivity index (χ0v) is 12.5. The van der Waals surface area contributed by atoms with E-state index in [0.29, 0.717) is 6.04 Å². The maximum Gasteiger partial charge on any atom is 0.109 e. The topological polar surface area (TPSA) is 28.2 Å². The largest absolute Gasteiger partial charge is 0.316 e. The molecule has 18 heavy (non-hydrogen) atoms. The summed E-state index contributed by atoms with van der Waals surface area (Å²) in [6.45, 7) is 11.5. The third kappa shape index (κ3) is 3.77. The van der Waals surface area contributed by atoms with Crippen LogP contribution in [0.15, 0.2) is 11.6 Å². The minimum absolute atomic E-state index is 0.486. The van der Waals surface area contributed by atoms with Crippen LogP contribution in [0.4, 0.5) is 0 Å². The van der Waals surface area contributed by atoms with Crippen LogP contribution in [-0.4, -0.2) is 36.1 Å². The number of nitrogens with one attached hydrogen (secondary N) is 1. The molecule has 1 aromatic rings. The second kappa shape index (κ2) is 6.64. The van der Waals surface area contributed by atoms with E-state index in [1.165, 1.54) is 31.1 Å². The summed E-state index contributed by atoms with van der Waals surface area (Å²) in [4.78, 5) is 7.00. The van der Waals surface area contributed by atoms with Gasteiger partial charge in [-0.05, 0) is 44.8 Å². The molecule has 2 heterocycles. The van der Waals surface area contributed by atoms with Crippen molar-refractivity contribution < 1.29 is 0 Å². The van der Waals surface area contributed by atoms with Gasteiger partial charge in [0.25, 0.3) is 0 Å². The van der Waals surface area contributed by atoms with Crippen molar-refractivity contribution in [1.82, 2.24) is 15.2 Å². The molecule has 0 aromatic carbocycles. The highest BCUT2D eigenvalue weighted by Gasteiger charge is 2.27. The number of hydrogen-bond acceptors (Lipinski definition) is 4. The van der Waals surface area contributed by atoms with Crippen molar-refractivity contribution in [2.75, 3.05) is 26.2 Å². The zero-order chi connectivity index (χ0) is 13.0. The van der Waals surface area contributed by atoms with Gasteiger partial charge in [0.1, 0.15) is 5.01 Å². The van der Waals surface area contributed by atoms with Gasteiger partial charge in [-0.25, -0.2) is 4.98 Å². The summed E-state index contributed by atoms with van der Waals surface area (Å²) < 4.78 is 0. The van der Waals surface area contributed by atoms with Crippen molar-refractivity contribution in [3.63, 3.8) is 0 Å². The normalized spacial score (nSPS) is 22.8. The van der Waals surface area contributed by atoms with Crippen molar-refractivity contribution in [2.45, 2.75) is 33.2 Å². The van der Waals surface area contributed by atoms with Gasteiger partial charge < -0.3 is 5.32 Å². The Balaban J connectivity index is 1.74. The van der Waals surface area contributed by atoms with E-state index in [0.717, 1.165) is 18.4 Å². The van der Waals surface area contributed by atoms with Crippen molar-refractivity contribution >= 4 is 11.3 Å². The molecule has 1 fully saturated rings. The fourth-order valence-corrected chi connectivity index (χ4v) is 3.28. The number of thiazole rings is 1. The van der Waals surface area contributed by atoms with Crippen LogP contribution in [0.1, 0.15) is 38.2 Å². The number of nitrogens with zero attached hydrogens (tertiary/aromatic N) is 2. The monoisotopic (exact) mass is 267 g/mol. The van der Waals surface area contributed by atoms with Gasteiger partial charge >= 0.3 is 0 Å². The Morgan fingerprint density at radius 1 is 1.50 bits per heavy atom. The Kier molecular flexibility index (Phi) is 5.15. The van der Waals surface area contributed by atoms with Gasteiger partial charge in [-0.3, -0.25) is 4.90 Å². The van der Waals surface area contributed by atoms with Crippen molar-refractivity contribution in [3.8, 4) is 0 Å². The van der Waals surface area contributed by atoms with E-state index in [2.05, 4.69) is 41.4 Å². The molecule has 0 amide bonds. The zero-order valence-electron chi connectivity index (χ0n) is 11.7. The Bertz CT molecular complexity index is 337. The molecule has 0 spiro atoms. The van der Waals surface area contributed by atoms with Gasteiger partial charge in [0, 0.05) is 18.1 Å². The summed E-state index contributed by atoms with van der Waals surface area (Å²) in [5.41, 5.74) is 0. The molecule has 1 aromatic heterocycles. The fourth-order valence-electron chi connectivity index (χ4n) is 2.55. The van der Waals surface area contributed by atoms with Gasteiger partial charge in [-0.1, -0.05) is 13.8 Å². The van der Waals surface area contributed by atoms with E-state index in [9.17, 15) is 0 Å². The maximum absolute atomic E-state index is 4.43. The van der Waals surface area contributed by atoms with E-state index in [-0.39, 0.29) is 0 Å². The summed E-state index contributed by atoms with van der Waals surface area (Å²) in [5, 5.41) is 6.91. The first-order valence-corrected chi connectivity index (χ1v) is 7.89. The number of aromatic nitrogens is 1. The Hall–Kier alpha value is -0.450. The molecule has 1 aliphatic rings. The minimum atomic E-state index is 0.486. The highest BCUT2D eigenvalue weighted by atomic mass is 32.1. The van der Waals surface area contributed by atoms with Gasteiger partial charge in [0.2, 0.25) is 0 Å². The average molecular weight is 267 g/mol. The third-order valence-corrected chi connectivity index (χ3v) is 4.61. The Morgan fingerprint density at radius 3 is 3.00 bits per heavy atom. The van der Waals surface area contributed by atoms with Crippen molar-refractivity contribution in [1.29, 1.82) is 0 Å². The van der Waals surface area contributed by atoms with Crippen LogP contribution in [-0.2, 0) is 0 Å². The van der Waals surface area contributed by atoms with Crippen LogP contribution in [0.5, 0.6) is 0 Å². The van der Waals surface area contributed by atoms with Crippen LogP contribution in [0.3, 0.4) is 0 Å². The van der Waals surface area contributed by atoms with E-state index < -0.39 is 0 Å². The summed E-state index contributed by atoms with van der Waals surface area (Å²) in [6.07, 6.45) is 3.23. The average Bonchev–Trinajstić information content (AvgIpc) is 2.99. The van der Waals surface area contributed by atoms with E-state index in [1.54, 1.807) is 11.3 Å². The van der Waals surface area contributed by atoms with Gasteiger partial charge in [0.05, 0.1) is 6.04 Å². The highest BCUT2D eigenvalue weighted by molar-refractivity contribution is 7.09. The second-order valence-corrected chi connectivity index (χ2v) is 6.67. The molecule has 102 valence electrons. The van der Waals surface area contributed by atoms with Gasteiger partial charge in [-0.2, -0.15) is 0 Å². The summed E-state index contributed by atoms with van der Waals surface area (Å²) in [5.74, 6) is 1.56. The first-order chi connectivity index (χ1) is 8.66. The molecule has 1 aliphatic heterocycles. The standard InChI is InChI=1S/C14H25N3S/c1-11(2)8-15-9-13-4-6-17(10-13)12(3)14-16-5-7-18-14/h5,7,11-13,15H,4,6,8-10H2,1-3H3. The third-order valence-electron chi connectivity index (χ3n) is 3.66. The Labute approximate surface area is 115 Å². The van der Waals surface area contributed by atoms with E-state index in [4.69, 9.17) is 0 Å². The predicted octanol–water partition coefficient (Wildman–Crippen LogP) is 2.77.